The van der Waals surface area contributed by atoms with Gasteiger partial charge in [-0.2, -0.15) is 18.3 Å². The molecule has 1 aliphatic carbocycles. The molecule has 2 aromatic heterocycles. The monoisotopic (exact) mass is 493 g/mol. The molecule has 0 aliphatic heterocycles. The van der Waals surface area contributed by atoms with Gasteiger partial charge in [-0.25, -0.2) is 0 Å². The van der Waals surface area contributed by atoms with E-state index in [0.29, 0.717) is 18.5 Å². The summed E-state index contributed by atoms with van der Waals surface area (Å²) >= 11 is 6.00. The fraction of sp³-hybridized carbons (Fsp3) is 0.458. The first-order chi connectivity index (χ1) is 16.1. The molecule has 1 aliphatic rings. The number of likely N-dealkylation sites (N-methyl/N-ethyl adjacent to an activating group) is 1. The number of aromatic amines is 1. The second-order valence-corrected chi connectivity index (χ2v) is 9.70. The molecule has 1 amide bonds. The summed E-state index contributed by atoms with van der Waals surface area (Å²) in [4.78, 5) is 18.8. The van der Waals surface area contributed by atoms with Crippen molar-refractivity contribution < 1.29 is 18.0 Å². The smallest absolute Gasteiger partial charge is 0.355 e. The number of carbonyl (C=O) groups excluding carboxylic acids is 1. The molecule has 6 nitrogen and oxygen atoms in total. The molecule has 0 radical (unpaired) electrons. The highest BCUT2D eigenvalue weighted by molar-refractivity contribution is 6.30. The van der Waals surface area contributed by atoms with E-state index in [9.17, 15) is 18.0 Å². The van der Waals surface area contributed by atoms with Crippen molar-refractivity contribution in [3.8, 4) is 0 Å². The van der Waals surface area contributed by atoms with Gasteiger partial charge < -0.3 is 10.2 Å². The number of benzene rings is 1. The van der Waals surface area contributed by atoms with Crippen LogP contribution in [0.3, 0.4) is 0 Å². The lowest BCUT2D eigenvalue weighted by molar-refractivity contribution is -0.194. The number of carbonyl (C=O) groups is 1. The van der Waals surface area contributed by atoms with Crippen molar-refractivity contribution in [2.75, 3.05) is 20.6 Å². The second kappa shape index (κ2) is 9.54. The number of halogens is 4. The highest BCUT2D eigenvalue weighted by Gasteiger charge is 2.67. The van der Waals surface area contributed by atoms with Crippen LogP contribution in [0.15, 0.2) is 42.9 Å². The first-order valence-electron chi connectivity index (χ1n) is 11.1. The molecule has 10 heteroatoms. The summed E-state index contributed by atoms with van der Waals surface area (Å²) in [6.45, 7) is 0.314. The summed E-state index contributed by atoms with van der Waals surface area (Å²) in [5.41, 5.74) is 0.463. The number of hydrogen-bond acceptors (Lipinski definition) is 4. The number of pyridine rings is 1. The normalized spacial score (nSPS) is 17.0. The van der Waals surface area contributed by atoms with E-state index in [1.165, 1.54) is 18.5 Å². The average Bonchev–Trinajstić information content (AvgIpc) is 3.46. The standard InChI is InChI=1S/C24H27ClF3N5O/c1-33(2)19(8-15-3-4-21-17(7-15)12-31-32-21)14-30-22(34)10-20(16-9-18(25)13-29-11-16)23(5-6-23)24(26,27)28/h3-4,7,9,11-13,19-20H,5-6,8,10,14H2,1-2H3,(H,30,34)(H,31,32)/t19-,20-/m0/s1. The molecular formula is C24H27ClF3N5O. The summed E-state index contributed by atoms with van der Waals surface area (Å²) in [7, 11) is 3.83. The molecule has 0 unspecified atom stereocenters. The van der Waals surface area contributed by atoms with Crippen molar-refractivity contribution in [3.05, 3.63) is 59.0 Å². The lowest BCUT2D eigenvalue weighted by Gasteiger charge is -2.30. The summed E-state index contributed by atoms with van der Waals surface area (Å²) in [6.07, 6.45) is 0.492. The van der Waals surface area contributed by atoms with Gasteiger partial charge >= 0.3 is 6.18 Å². The molecule has 34 heavy (non-hydrogen) atoms. The molecule has 2 atom stereocenters. The highest BCUT2D eigenvalue weighted by atomic mass is 35.5. The van der Waals surface area contributed by atoms with Crippen LogP contribution in [-0.4, -0.2) is 58.8 Å². The van der Waals surface area contributed by atoms with Gasteiger partial charge in [-0.1, -0.05) is 17.7 Å². The van der Waals surface area contributed by atoms with Gasteiger partial charge in [0.05, 0.1) is 22.2 Å². The Morgan fingerprint density at radius 2 is 2.00 bits per heavy atom. The summed E-state index contributed by atoms with van der Waals surface area (Å²) in [5.74, 6) is -1.45. The molecule has 0 bridgehead atoms. The van der Waals surface area contributed by atoms with Crippen LogP contribution in [-0.2, 0) is 11.2 Å². The number of alkyl halides is 3. The Kier molecular flexibility index (Phi) is 6.87. The molecule has 1 saturated carbocycles. The van der Waals surface area contributed by atoms with E-state index in [1.54, 1.807) is 6.20 Å². The predicted octanol–water partition coefficient (Wildman–Crippen LogP) is 4.72. The van der Waals surface area contributed by atoms with Crippen LogP contribution in [0.1, 0.15) is 36.3 Å². The van der Waals surface area contributed by atoms with Gasteiger partial charge in [0.2, 0.25) is 5.91 Å². The Hall–Kier alpha value is -2.65. The molecule has 1 fully saturated rings. The Bertz CT molecular complexity index is 1160. The third kappa shape index (κ3) is 5.20. The van der Waals surface area contributed by atoms with Crippen molar-refractivity contribution >= 4 is 28.4 Å². The number of nitrogens with one attached hydrogen (secondary N) is 2. The van der Waals surface area contributed by atoms with E-state index < -0.39 is 23.4 Å². The SMILES string of the molecule is CN(C)[C@H](CNC(=O)C[C@@H](c1cncc(Cl)c1)C1(C(F)(F)F)CC1)Cc1ccc2[nH]ncc2c1. The first kappa shape index (κ1) is 24.5. The molecule has 0 saturated heterocycles. The minimum Gasteiger partial charge on any atom is -0.355 e. The zero-order valence-corrected chi connectivity index (χ0v) is 19.7. The Balaban J connectivity index is 1.45. The Labute approximate surface area is 200 Å². The molecule has 2 heterocycles. The molecular weight excluding hydrogens is 467 g/mol. The fourth-order valence-corrected chi connectivity index (χ4v) is 4.72. The number of fused-ring (bicyclic) bond motifs is 1. The zero-order chi connectivity index (χ0) is 24.5. The van der Waals surface area contributed by atoms with E-state index in [4.69, 9.17) is 11.6 Å². The van der Waals surface area contributed by atoms with E-state index in [0.717, 1.165) is 16.5 Å². The van der Waals surface area contributed by atoms with Crippen LogP contribution in [0.2, 0.25) is 5.02 Å². The third-order valence-electron chi connectivity index (χ3n) is 6.78. The maximum Gasteiger partial charge on any atom is 0.395 e. The second-order valence-electron chi connectivity index (χ2n) is 9.26. The van der Waals surface area contributed by atoms with Crippen molar-refractivity contribution in [1.82, 2.24) is 25.4 Å². The van der Waals surface area contributed by atoms with Gasteiger partial charge in [0.25, 0.3) is 0 Å². The topological polar surface area (TPSA) is 73.9 Å². The van der Waals surface area contributed by atoms with Crippen LogP contribution >= 0.6 is 11.6 Å². The first-order valence-corrected chi connectivity index (χ1v) is 11.5. The van der Waals surface area contributed by atoms with Gasteiger partial charge in [0, 0.05) is 42.7 Å². The molecule has 4 rings (SSSR count). The van der Waals surface area contributed by atoms with E-state index >= 15 is 0 Å². The number of H-pyrrole nitrogens is 1. The zero-order valence-electron chi connectivity index (χ0n) is 19.0. The minimum atomic E-state index is -4.40. The molecule has 182 valence electrons. The number of nitrogens with zero attached hydrogens (tertiary/aromatic N) is 3. The number of aromatic nitrogens is 3. The van der Waals surface area contributed by atoms with Crippen molar-refractivity contribution in [2.24, 2.45) is 5.41 Å². The minimum absolute atomic E-state index is 0.00221. The van der Waals surface area contributed by atoms with Crippen LogP contribution in [0, 0.1) is 5.41 Å². The van der Waals surface area contributed by atoms with Crippen molar-refractivity contribution in [1.29, 1.82) is 0 Å². The summed E-state index contributed by atoms with van der Waals surface area (Å²) in [6, 6.07) is 7.45. The summed E-state index contributed by atoms with van der Waals surface area (Å²) in [5, 5.41) is 11.1. The van der Waals surface area contributed by atoms with Gasteiger partial charge in [0.15, 0.2) is 0 Å². The molecule has 3 aromatic rings. The van der Waals surface area contributed by atoms with Crippen molar-refractivity contribution in [3.63, 3.8) is 0 Å². The maximum atomic E-state index is 13.9. The highest BCUT2D eigenvalue weighted by Crippen LogP contribution is 2.66. The van der Waals surface area contributed by atoms with Crippen LogP contribution in [0.5, 0.6) is 0 Å². The predicted molar refractivity (Wildman–Crippen MR) is 125 cm³/mol. The Morgan fingerprint density at radius 3 is 2.65 bits per heavy atom. The average molecular weight is 494 g/mol. The quantitative estimate of drug-likeness (QED) is 0.452. The van der Waals surface area contributed by atoms with Crippen molar-refractivity contribution in [2.45, 2.75) is 43.8 Å². The van der Waals surface area contributed by atoms with Crippen LogP contribution < -0.4 is 5.32 Å². The molecule has 2 N–H and O–H groups in total. The molecule has 1 aromatic carbocycles. The number of hydrogen-bond donors (Lipinski definition) is 2. The van der Waals surface area contributed by atoms with Gasteiger partial charge in [0.1, 0.15) is 0 Å². The largest absolute Gasteiger partial charge is 0.395 e. The van der Waals surface area contributed by atoms with E-state index in [-0.39, 0.29) is 30.3 Å². The lowest BCUT2D eigenvalue weighted by Crippen LogP contribution is -2.42. The number of amides is 1. The van der Waals surface area contributed by atoms with Gasteiger partial charge in [-0.15, -0.1) is 0 Å². The van der Waals surface area contributed by atoms with E-state index in [1.807, 2.05) is 37.2 Å². The van der Waals surface area contributed by atoms with Gasteiger partial charge in [-0.3, -0.25) is 14.9 Å². The number of rotatable bonds is 9. The fourth-order valence-electron chi connectivity index (χ4n) is 4.53. The lowest BCUT2D eigenvalue weighted by atomic mass is 9.80. The summed E-state index contributed by atoms with van der Waals surface area (Å²) < 4.78 is 41.8. The Morgan fingerprint density at radius 1 is 1.24 bits per heavy atom. The molecule has 0 spiro atoms. The van der Waals surface area contributed by atoms with Crippen LogP contribution in [0.4, 0.5) is 13.2 Å². The maximum absolute atomic E-state index is 13.9. The van der Waals surface area contributed by atoms with E-state index in [2.05, 4.69) is 20.5 Å². The van der Waals surface area contributed by atoms with Crippen LogP contribution in [0.25, 0.3) is 10.9 Å². The third-order valence-corrected chi connectivity index (χ3v) is 6.99. The van der Waals surface area contributed by atoms with Gasteiger partial charge in [-0.05, 0) is 62.7 Å².